The highest BCUT2D eigenvalue weighted by Gasteiger charge is 2.23. The average Bonchev–Trinajstić information content (AvgIpc) is 3.24. The molecule has 1 aromatic rings. The SMILES string of the molecule is C=CCNC(=NCCCc1nnc(SC)n1C1CCCC1)NCC.I. The zero-order valence-electron chi connectivity index (χ0n) is 15.3. The molecule has 142 valence electrons. The molecule has 1 saturated carbocycles. The fourth-order valence-electron chi connectivity index (χ4n) is 3.08. The Morgan fingerprint density at radius 1 is 1.36 bits per heavy atom. The number of nitrogens with one attached hydrogen (secondary N) is 2. The molecule has 0 radical (unpaired) electrons. The fourth-order valence-corrected chi connectivity index (χ4v) is 3.66. The number of aryl methyl sites for hydroxylation is 1. The highest BCUT2D eigenvalue weighted by atomic mass is 127. The molecule has 1 aliphatic rings. The molecular formula is C17H31IN6S. The van der Waals surface area contributed by atoms with E-state index in [1.165, 1.54) is 25.7 Å². The lowest BCUT2D eigenvalue weighted by molar-refractivity contribution is 0.461. The molecule has 6 nitrogen and oxygen atoms in total. The van der Waals surface area contributed by atoms with E-state index in [4.69, 9.17) is 0 Å². The van der Waals surface area contributed by atoms with Gasteiger partial charge in [0.1, 0.15) is 5.82 Å². The molecule has 1 aliphatic carbocycles. The summed E-state index contributed by atoms with van der Waals surface area (Å²) >= 11 is 1.70. The van der Waals surface area contributed by atoms with Gasteiger partial charge in [-0.1, -0.05) is 30.7 Å². The van der Waals surface area contributed by atoms with Gasteiger partial charge < -0.3 is 15.2 Å². The molecule has 0 saturated heterocycles. The molecule has 0 unspecified atom stereocenters. The lowest BCUT2D eigenvalue weighted by Gasteiger charge is -2.16. The molecule has 0 aliphatic heterocycles. The third-order valence-electron chi connectivity index (χ3n) is 4.19. The van der Waals surface area contributed by atoms with Crippen molar-refractivity contribution in [1.82, 2.24) is 25.4 Å². The minimum Gasteiger partial charge on any atom is -0.357 e. The maximum atomic E-state index is 4.60. The topological polar surface area (TPSA) is 67.1 Å². The first-order chi connectivity index (χ1) is 11.8. The van der Waals surface area contributed by atoms with E-state index >= 15 is 0 Å². The summed E-state index contributed by atoms with van der Waals surface area (Å²) in [6.07, 6.45) is 11.0. The van der Waals surface area contributed by atoms with Gasteiger partial charge >= 0.3 is 0 Å². The molecule has 0 amide bonds. The van der Waals surface area contributed by atoms with Crippen LogP contribution >= 0.6 is 35.7 Å². The second-order valence-electron chi connectivity index (χ2n) is 5.94. The van der Waals surface area contributed by atoms with Crippen LogP contribution in [0.2, 0.25) is 0 Å². The van der Waals surface area contributed by atoms with Gasteiger partial charge in [0.25, 0.3) is 0 Å². The van der Waals surface area contributed by atoms with E-state index in [0.717, 1.165) is 49.4 Å². The van der Waals surface area contributed by atoms with Crippen molar-refractivity contribution in [2.45, 2.75) is 56.6 Å². The van der Waals surface area contributed by atoms with Crippen molar-refractivity contribution in [2.75, 3.05) is 25.9 Å². The van der Waals surface area contributed by atoms with Crippen LogP contribution in [0.5, 0.6) is 0 Å². The zero-order chi connectivity index (χ0) is 17.2. The summed E-state index contributed by atoms with van der Waals surface area (Å²) in [6.45, 7) is 8.14. The third kappa shape index (κ3) is 6.80. The summed E-state index contributed by atoms with van der Waals surface area (Å²) in [5.74, 6) is 1.96. The largest absolute Gasteiger partial charge is 0.357 e. The first-order valence-electron chi connectivity index (χ1n) is 8.91. The van der Waals surface area contributed by atoms with Crippen molar-refractivity contribution in [1.29, 1.82) is 0 Å². The smallest absolute Gasteiger partial charge is 0.191 e. The molecule has 8 heteroatoms. The summed E-state index contributed by atoms with van der Waals surface area (Å²) < 4.78 is 2.38. The van der Waals surface area contributed by atoms with Gasteiger partial charge in [-0.15, -0.1) is 40.8 Å². The maximum Gasteiger partial charge on any atom is 0.191 e. The third-order valence-corrected chi connectivity index (χ3v) is 4.84. The normalized spacial score (nSPS) is 15.0. The van der Waals surface area contributed by atoms with Crippen LogP contribution in [0.1, 0.15) is 50.9 Å². The van der Waals surface area contributed by atoms with Gasteiger partial charge in [-0.2, -0.15) is 0 Å². The standard InChI is InChI=1S/C17H30N6S.HI/c1-4-12-19-16(18-5-2)20-13-8-11-15-21-22-17(24-3)23(15)14-9-6-7-10-14;/h4,14H,1,5-13H2,2-3H3,(H2,18,19,20);1H. The molecule has 1 heterocycles. The predicted octanol–water partition coefficient (Wildman–Crippen LogP) is 3.41. The van der Waals surface area contributed by atoms with E-state index in [1.54, 1.807) is 11.8 Å². The molecule has 0 atom stereocenters. The van der Waals surface area contributed by atoms with Crippen LogP contribution < -0.4 is 10.6 Å². The Labute approximate surface area is 172 Å². The van der Waals surface area contributed by atoms with E-state index in [1.807, 2.05) is 6.08 Å². The lowest BCUT2D eigenvalue weighted by Crippen LogP contribution is -2.37. The number of rotatable bonds is 9. The zero-order valence-corrected chi connectivity index (χ0v) is 18.5. The van der Waals surface area contributed by atoms with Gasteiger partial charge in [0.2, 0.25) is 0 Å². The highest BCUT2D eigenvalue weighted by molar-refractivity contribution is 14.0. The number of halogens is 1. The number of aliphatic imine (C=N–C) groups is 1. The predicted molar refractivity (Wildman–Crippen MR) is 117 cm³/mol. The lowest BCUT2D eigenvalue weighted by atomic mass is 10.2. The number of hydrogen-bond acceptors (Lipinski definition) is 4. The summed E-state index contributed by atoms with van der Waals surface area (Å²) in [5.41, 5.74) is 0. The molecule has 1 aromatic heterocycles. The van der Waals surface area contributed by atoms with Crippen LogP contribution in [0.3, 0.4) is 0 Å². The van der Waals surface area contributed by atoms with Crippen LogP contribution in [0.15, 0.2) is 22.8 Å². The van der Waals surface area contributed by atoms with Crippen LogP contribution in [0.25, 0.3) is 0 Å². The Morgan fingerprint density at radius 2 is 2.12 bits per heavy atom. The van der Waals surface area contributed by atoms with Gasteiger partial charge in [0.05, 0.1) is 0 Å². The number of guanidine groups is 1. The van der Waals surface area contributed by atoms with E-state index in [2.05, 4.69) is 50.1 Å². The van der Waals surface area contributed by atoms with Crippen LogP contribution in [0.4, 0.5) is 0 Å². The Bertz CT molecular complexity index is 539. The highest BCUT2D eigenvalue weighted by Crippen LogP contribution is 2.33. The van der Waals surface area contributed by atoms with E-state index in [9.17, 15) is 0 Å². The monoisotopic (exact) mass is 478 g/mol. The van der Waals surface area contributed by atoms with Crippen molar-refractivity contribution in [3.8, 4) is 0 Å². The van der Waals surface area contributed by atoms with Gasteiger partial charge in [-0.25, -0.2) is 0 Å². The Balaban J connectivity index is 0.00000312. The molecule has 25 heavy (non-hydrogen) atoms. The molecule has 0 spiro atoms. The molecule has 2 rings (SSSR count). The number of hydrogen-bond donors (Lipinski definition) is 2. The van der Waals surface area contributed by atoms with Crippen molar-refractivity contribution in [3.05, 3.63) is 18.5 Å². The van der Waals surface area contributed by atoms with Crippen LogP contribution in [-0.4, -0.2) is 46.6 Å². The maximum absolute atomic E-state index is 4.60. The first kappa shape index (κ1) is 22.3. The summed E-state index contributed by atoms with van der Waals surface area (Å²) in [5, 5.41) is 16.3. The minimum atomic E-state index is 0. The summed E-state index contributed by atoms with van der Waals surface area (Å²) in [4.78, 5) is 4.60. The number of nitrogens with zero attached hydrogens (tertiary/aromatic N) is 4. The van der Waals surface area contributed by atoms with Gasteiger partial charge in [-0.05, 0) is 32.4 Å². The van der Waals surface area contributed by atoms with E-state index < -0.39 is 0 Å². The summed E-state index contributed by atoms with van der Waals surface area (Å²) in [7, 11) is 0. The molecule has 1 fully saturated rings. The van der Waals surface area contributed by atoms with Crippen molar-refractivity contribution in [2.24, 2.45) is 4.99 Å². The van der Waals surface area contributed by atoms with Crippen molar-refractivity contribution < 1.29 is 0 Å². The number of thioether (sulfide) groups is 1. The Hall–Kier alpha value is -0.770. The van der Waals surface area contributed by atoms with Gasteiger partial charge in [-0.3, -0.25) is 4.99 Å². The Kier molecular flexibility index (Phi) is 11.2. The van der Waals surface area contributed by atoms with Crippen molar-refractivity contribution in [3.63, 3.8) is 0 Å². The van der Waals surface area contributed by atoms with Crippen LogP contribution in [0, 0.1) is 0 Å². The second-order valence-corrected chi connectivity index (χ2v) is 6.72. The fraction of sp³-hybridized carbons (Fsp3) is 0.706. The van der Waals surface area contributed by atoms with Gasteiger partial charge in [0, 0.05) is 32.1 Å². The first-order valence-corrected chi connectivity index (χ1v) is 10.1. The van der Waals surface area contributed by atoms with E-state index in [0.29, 0.717) is 6.04 Å². The minimum absolute atomic E-state index is 0. The number of aromatic nitrogens is 3. The quantitative estimate of drug-likeness (QED) is 0.142. The average molecular weight is 478 g/mol. The van der Waals surface area contributed by atoms with E-state index in [-0.39, 0.29) is 24.0 Å². The molecular weight excluding hydrogens is 447 g/mol. The molecule has 0 aromatic carbocycles. The Morgan fingerprint density at radius 3 is 2.76 bits per heavy atom. The van der Waals surface area contributed by atoms with Crippen molar-refractivity contribution >= 4 is 41.7 Å². The van der Waals surface area contributed by atoms with Crippen LogP contribution in [-0.2, 0) is 6.42 Å². The van der Waals surface area contributed by atoms with Gasteiger partial charge in [0.15, 0.2) is 11.1 Å². The molecule has 0 bridgehead atoms. The second kappa shape index (κ2) is 12.6. The summed E-state index contributed by atoms with van der Waals surface area (Å²) in [6, 6.07) is 0.590. The molecule has 2 N–H and O–H groups in total.